The number of Topliss-reactive ketones (excluding diaryl/α,β-unsaturated/α-hetero) is 1. The first-order valence-electron chi connectivity index (χ1n) is 8.14. The van der Waals surface area contributed by atoms with Crippen LogP contribution in [0.15, 0.2) is 71.1 Å². The molecule has 0 fully saturated rings. The van der Waals surface area contributed by atoms with Crippen LogP contribution in [0.4, 0.5) is 0 Å². The summed E-state index contributed by atoms with van der Waals surface area (Å²) in [6.45, 7) is 0.396. The van der Waals surface area contributed by atoms with Gasteiger partial charge in [0.25, 0.3) is 0 Å². The van der Waals surface area contributed by atoms with Gasteiger partial charge in [-0.15, -0.1) is 0 Å². The second-order valence-electron chi connectivity index (χ2n) is 5.92. The van der Waals surface area contributed by atoms with E-state index in [1.807, 2.05) is 48.5 Å². The van der Waals surface area contributed by atoms with E-state index in [9.17, 15) is 9.90 Å². The second kappa shape index (κ2) is 7.68. The minimum atomic E-state index is -0.0522. The van der Waals surface area contributed by atoms with E-state index in [2.05, 4.69) is 9.98 Å². The predicted octanol–water partition coefficient (Wildman–Crippen LogP) is 4.00. The van der Waals surface area contributed by atoms with Crippen LogP contribution >= 0.6 is 0 Å². The fraction of sp³-hybridized carbons (Fsp3) is 0.250. The molecule has 122 valence electrons. The van der Waals surface area contributed by atoms with E-state index < -0.39 is 0 Å². The first-order valence-corrected chi connectivity index (χ1v) is 8.14. The predicted molar refractivity (Wildman–Crippen MR) is 94.1 cm³/mol. The van der Waals surface area contributed by atoms with Crippen LogP contribution in [-0.2, 0) is 11.3 Å². The van der Waals surface area contributed by atoms with Crippen LogP contribution in [0.25, 0.3) is 0 Å². The summed E-state index contributed by atoms with van der Waals surface area (Å²) in [5.41, 5.74) is 2.31. The number of rotatable bonds is 4. The zero-order valence-corrected chi connectivity index (χ0v) is 13.4. The van der Waals surface area contributed by atoms with Gasteiger partial charge in [-0.3, -0.25) is 14.8 Å². The molecule has 0 saturated heterocycles. The number of benzene rings is 1. The molecule has 0 saturated carbocycles. The third kappa shape index (κ3) is 3.96. The van der Waals surface area contributed by atoms with Gasteiger partial charge in [0.2, 0.25) is 0 Å². The third-order valence-corrected chi connectivity index (χ3v) is 4.24. The van der Waals surface area contributed by atoms with Crippen LogP contribution in [0.1, 0.15) is 36.4 Å². The molecular weight excluding hydrogens is 300 g/mol. The number of carbonyl (C=O) groups is 1. The summed E-state index contributed by atoms with van der Waals surface area (Å²) in [7, 11) is 0. The summed E-state index contributed by atoms with van der Waals surface area (Å²) in [5, 5.41) is 10.2. The highest BCUT2D eigenvalue weighted by Crippen LogP contribution is 2.31. The monoisotopic (exact) mass is 320 g/mol. The highest BCUT2D eigenvalue weighted by atomic mass is 16.3. The van der Waals surface area contributed by atoms with Crippen molar-refractivity contribution >= 4 is 12.0 Å². The Hall–Kier alpha value is -2.75. The number of ketones is 1. The molecule has 4 heteroatoms. The topological polar surface area (TPSA) is 62.5 Å². The lowest BCUT2D eigenvalue weighted by Gasteiger charge is -2.13. The fourth-order valence-electron chi connectivity index (χ4n) is 2.92. The highest BCUT2D eigenvalue weighted by Gasteiger charge is 2.24. The number of aliphatic hydroxyl groups is 1. The lowest BCUT2D eigenvalue weighted by atomic mass is 9.91. The van der Waals surface area contributed by atoms with Crippen LogP contribution in [0.2, 0.25) is 0 Å². The van der Waals surface area contributed by atoms with Crippen molar-refractivity contribution in [2.24, 2.45) is 4.99 Å². The van der Waals surface area contributed by atoms with Gasteiger partial charge in [-0.1, -0.05) is 36.4 Å². The van der Waals surface area contributed by atoms with Crippen molar-refractivity contribution in [1.29, 1.82) is 0 Å². The smallest absolute Gasteiger partial charge is 0.168 e. The lowest BCUT2D eigenvalue weighted by Crippen LogP contribution is -2.09. The Kier molecular flexibility index (Phi) is 5.16. The molecule has 1 aliphatic rings. The van der Waals surface area contributed by atoms with Gasteiger partial charge in [0.1, 0.15) is 5.76 Å². The molecule has 1 heterocycles. The molecule has 1 unspecified atom stereocenters. The van der Waals surface area contributed by atoms with Crippen LogP contribution in [0, 0.1) is 0 Å². The molecule has 0 spiro atoms. The summed E-state index contributed by atoms with van der Waals surface area (Å²) in [5.74, 6) is 0.231. The zero-order valence-electron chi connectivity index (χ0n) is 13.4. The molecule has 0 aliphatic heterocycles. The molecule has 2 aromatic rings. The fourth-order valence-corrected chi connectivity index (χ4v) is 2.92. The normalized spacial score (nSPS) is 18.8. The Balaban J connectivity index is 1.70. The van der Waals surface area contributed by atoms with Crippen molar-refractivity contribution in [2.45, 2.75) is 31.7 Å². The number of aliphatic hydroxyl groups excluding tert-OH is 1. The summed E-state index contributed by atoms with van der Waals surface area (Å²) in [6.07, 6.45) is 4.87. The maximum absolute atomic E-state index is 12.5. The quantitative estimate of drug-likeness (QED) is 0.866. The number of nitrogens with zero attached hydrogens (tertiary/aromatic N) is 2. The number of allylic oxidation sites excluding steroid dienone is 2. The molecule has 1 aromatic heterocycles. The number of hydrogen-bond acceptors (Lipinski definition) is 4. The maximum Gasteiger partial charge on any atom is 0.168 e. The van der Waals surface area contributed by atoms with Gasteiger partial charge in [-0.25, -0.2) is 0 Å². The van der Waals surface area contributed by atoms with Gasteiger partial charge < -0.3 is 5.11 Å². The van der Waals surface area contributed by atoms with Crippen molar-refractivity contribution in [1.82, 2.24) is 4.98 Å². The molecule has 24 heavy (non-hydrogen) atoms. The number of hydrogen-bond donors (Lipinski definition) is 1. The molecular formula is C20H20N2O2. The van der Waals surface area contributed by atoms with Crippen molar-refractivity contribution in [3.63, 3.8) is 0 Å². The van der Waals surface area contributed by atoms with E-state index in [4.69, 9.17) is 0 Å². The minimum Gasteiger partial charge on any atom is -0.512 e. The second-order valence-corrected chi connectivity index (χ2v) is 5.92. The molecule has 1 aliphatic carbocycles. The van der Waals surface area contributed by atoms with E-state index in [1.54, 1.807) is 6.20 Å². The first kappa shape index (κ1) is 16.1. The Bertz CT molecular complexity index is 752. The Morgan fingerprint density at radius 2 is 1.96 bits per heavy atom. The molecule has 1 N–H and O–H groups in total. The molecule has 0 amide bonds. The van der Waals surface area contributed by atoms with Crippen LogP contribution in [-0.4, -0.2) is 22.1 Å². The summed E-state index contributed by atoms with van der Waals surface area (Å²) in [4.78, 5) is 21.0. The average molecular weight is 320 g/mol. The lowest BCUT2D eigenvalue weighted by molar-refractivity contribution is -0.115. The SMILES string of the molecule is O=C1CC(c2ccccc2)CCC(O)=C1C=NCc1ccccn1. The van der Waals surface area contributed by atoms with Crippen LogP contribution in [0.3, 0.4) is 0 Å². The van der Waals surface area contributed by atoms with E-state index >= 15 is 0 Å². The summed E-state index contributed by atoms with van der Waals surface area (Å²) in [6, 6.07) is 15.6. The molecule has 1 atom stereocenters. The molecule has 4 nitrogen and oxygen atoms in total. The zero-order chi connectivity index (χ0) is 16.8. The van der Waals surface area contributed by atoms with E-state index in [0.717, 1.165) is 17.7 Å². The van der Waals surface area contributed by atoms with Crippen molar-refractivity contribution < 1.29 is 9.90 Å². The number of aliphatic imine (C=N–C) groups is 1. The first-order chi connectivity index (χ1) is 11.7. The molecule has 3 rings (SSSR count). The van der Waals surface area contributed by atoms with E-state index in [-0.39, 0.29) is 17.5 Å². The molecule has 0 radical (unpaired) electrons. The Morgan fingerprint density at radius 1 is 1.17 bits per heavy atom. The Morgan fingerprint density at radius 3 is 2.71 bits per heavy atom. The number of carbonyl (C=O) groups excluding carboxylic acids is 1. The average Bonchev–Trinajstić information content (AvgIpc) is 2.76. The van der Waals surface area contributed by atoms with Crippen LogP contribution < -0.4 is 0 Å². The Labute approximate surface area is 141 Å². The minimum absolute atomic E-state index is 0.0522. The van der Waals surface area contributed by atoms with E-state index in [1.165, 1.54) is 6.21 Å². The number of aromatic nitrogens is 1. The van der Waals surface area contributed by atoms with Gasteiger partial charge in [0.15, 0.2) is 5.78 Å². The summed E-state index contributed by atoms with van der Waals surface area (Å²) >= 11 is 0. The van der Waals surface area contributed by atoms with Crippen molar-refractivity contribution in [3.05, 3.63) is 77.3 Å². The standard InChI is InChI=1S/C20H20N2O2/c23-19-10-9-16(15-6-2-1-3-7-15)12-20(24)18(19)14-21-13-17-8-4-5-11-22-17/h1-8,11,14,16,23H,9-10,12-13H2. The van der Waals surface area contributed by atoms with Crippen molar-refractivity contribution in [2.75, 3.05) is 0 Å². The number of pyridine rings is 1. The van der Waals surface area contributed by atoms with Gasteiger partial charge in [-0.2, -0.15) is 0 Å². The molecule has 0 bridgehead atoms. The van der Waals surface area contributed by atoms with Gasteiger partial charge in [0, 0.05) is 25.3 Å². The van der Waals surface area contributed by atoms with Gasteiger partial charge >= 0.3 is 0 Å². The van der Waals surface area contributed by atoms with E-state index in [0.29, 0.717) is 25.0 Å². The van der Waals surface area contributed by atoms with Crippen molar-refractivity contribution in [3.8, 4) is 0 Å². The largest absolute Gasteiger partial charge is 0.512 e. The summed E-state index contributed by atoms with van der Waals surface area (Å²) < 4.78 is 0. The van der Waals surface area contributed by atoms with Gasteiger partial charge in [-0.05, 0) is 30.0 Å². The maximum atomic E-state index is 12.5. The molecule has 1 aromatic carbocycles. The van der Waals surface area contributed by atoms with Crippen LogP contribution in [0.5, 0.6) is 0 Å². The van der Waals surface area contributed by atoms with Gasteiger partial charge in [0.05, 0.1) is 17.8 Å². The third-order valence-electron chi connectivity index (χ3n) is 4.24. The highest BCUT2D eigenvalue weighted by molar-refractivity contribution is 6.14.